The van der Waals surface area contributed by atoms with E-state index in [0.29, 0.717) is 35.1 Å². The summed E-state index contributed by atoms with van der Waals surface area (Å²) < 4.78 is 11.6. The van der Waals surface area contributed by atoms with Gasteiger partial charge in [-0.3, -0.25) is 4.79 Å². The number of likely N-dealkylation sites (tertiary alicyclic amines) is 1. The average molecular weight is 375 g/mol. The second-order valence-corrected chi connectivity index (χ2v) is 7.00. The van der Waals surface area contributed by atoms with E-state index < -0.39 is 0 Å². The highest BCUT2D eigenvalue weighted by molar-refractivity contribution is 6.34. The summed E-state index contributed by atoms with van der Waals surface area (Å²) in [5, 5.41) is 0.377. The molecule has 2 unspecified atom stereocenters. The summed E-state index contributed by atoms with van der Waals surface area (Å²) >= 11 is 6.22. The fourth-order valence-electron chi connectivity index (χ4n) is 3.17. The maximum absolute atomic E-state index is 13.0. The molecule has 0 spiro atoms. The third-order valence-electron chi connectivity index (χ3n) is 4.70. The number of nitrogens with zero attached hydrogens (tertiary/aromatic N) is 1. The zero-order valence-electron chi connectivity index (χ0n) is 15.2. The van der Waals surface area contributed by atoms with Crippen molar-refractivity contribution in [3.05, 3.63) is 58.1 Å². The van der Waals surface area contributed by atoms with Crippen molar-refractivity contribution in [3.8, 4) is 5.75 Å². The summed E-state index contributed by atoms with van der Waals surface area (Å²) in [7, 11) is 1.62. The number of hydrogen-bond donors (Lipinski definition) is 1. The SMILES string of the molecule is COC1CN(C(=O)c2cc(C)ccc2C)CC1Oc1cccc(N)c1Cl. The van der Waals surface area contributed by atoms with Crippen LogP contribution in [0.2, 0.25) is 5.02 Å². The highest BCUT2D eigenvalue weighted by atomic mass is 35.5. The Hall–Kier alpha value is -2.24. The van der Waals surface area contributed by atoms with E-state index in [1.165, 1.54) is 0 Å². The van der Waals surface area contributed by atoms with Crippen LogP contribution >= 0.6 is 11.6 Å². The molecule has 2 aromatic carbocycles. The molecule has 1 fully saturated rings. The van der Waals surface area contributed by atoms with Crippen molar-refractivity contribution in [2.24, 2.45) is 0 Å². The van der Waals surface area contributed by atoms with Gasteiger partial charge in [0.25, 0.3) is 5.91 Å². The van der Waals surface area contributed by atoms with Gasteiger partial charge in [-0.2, -0.15) is 0 Å². The van der Waals surface area contributed by atoms with Crippen LogP contribution in [0.4, 0.5) is 5.69 Å². The molecule has 0 aromatic heterocycles. The highest BCUT2D eigenvalue weighted by Crippen LogP contribution is 2.32. The van der Waals surface area contributed by atoms with Crippen molar-refractivity contribution in [2.45, 2.75) is 26.1 Å². The number of anilines is 1. The maximum Gasteiger partial charge on any atom is 0.254 e. The van der Waals surface area contributed by atoms with E-state index in [4.69, 9.17) is 26.8 Å². The number of aryl methyl sites for hydroxylation is 2. The summed E-state index contributed by atoms with van der Waals surface area (Å²) in [6, 6.07) is 11.2. The van der Waals surface area contributed by atoms with Crippen LogP contribution in [-0.4, -0.2) is 43.2 Å². The van der Waals surface area contributed by atoms with Gasteiger partial charge in [-0.05, 0) is 37.6 Å². The first-order valence-corrected chi connectivity index (χ1v) is 8.88. The normalized spacial score (nSPS) is 19.6. The molecule has 6 heteroatoms. The molecule has 1 aliphatic rings. The summed E-state index contributed by atoms with van der Waals surface area (Å²) in [5.41, 5.74) is 9.02. The van der Waals surface area contributed by atoms with Crippen LogP contribution in [0.15, 0.2) is 36.4 Å². The van der Waals surface area contributed by atoms with Crippen LogP contribution < -0.4 is 10.5 Å². The molecule has 3 rings (SSSR count). The summed E-state index contributed by atoms with van der Waals surface area (Å²) in [5.74, 6) is 0.484. The minimum absolute atomic E-state index is 0.0157. The number of halogens is 1. The second kappa shape index (κ2) is 7.56. The monoisotopic (exact) mass is 374 g/mol. The molecule has 1 saturated heterocycles. The number of rotatable bonds is 4. The van der Waals surface area contributed by atoms with Crippen LogP contribution in [-0.2, 0) is 4.74 Å². The van der Waals surface area contributed by atoms with E-state index in [2.05, 4.69) is 0 Å². The molecule has 138 valence electrons. The van der Waals surface area contributed by atoms with Gasteiger partial charge in [0.15, 0.2) is 0 Å². The Bertz CT molecular complexity index is 825. The lowest BCUT2D eigenvalue weighted by Crippen LogP contribution is -2.32. The van der Waals surface area contributed by atoms with E-state index in [0.717, 1.165) is 11.1 Å². The Morgan fingerprint density at radius 3 is 2.65 bits per heavy atom. The number of carbonyl (C=O) groups is 1. The van der Waals surface area contributed by atoms with Gasteiger partial charge in [0.05, 0.1) is 18.8 Å². The van der Waals surface area contributed by atoms with Crippen molar-refractivity contribution >= 4 is 23.2 Å². The Labute approximate surface area is 158 Å². The topological polar surface area (TPSA) is 64.8 Å². The second-order valence-electron chi connectivity index (χ2n) is 6.62. The first-order chi connectivity index (χ1) is 12.4. The van der Waals surface area contributed by atoms with Crippen LogP contribution in [0.5, 0.6) is 5.75 Å². The first-order valence-electron chi connectivity index (χ1n) is 8.50. The Morgan fingerprint density at radius 1 is 1.19 bits per heavy atom. The zero-order chi connectivity index (χ0) is 18.8. The van der Waals surface area contributed by atoms with Gasteiger partial charge in [0.1, 0.15) is 23.0 Å². The molecule has 1 amide bonds. The number of nitrogen functional groups attached to an aromatic ring is 1. The lowest BCUT2D eigenvalue weighted by molar-refractivity contribution is 0.0340. The molecule has 0 aliphatic carbocycles. The predicted octanol–water partition coefficient (Wildman–Crippen LogP) is 3.46. The number of carbonyl (C=O) groups excluding carboxylic acids is 1. The van der Waals surface area contributed by atoms with Crippen molar-refractivity contribution in [1.82, 2.24) is 4.90 Å². The molecule has 26 heavy (non-hydrogen) atoms. The van der Waals surface area contributed by atoms with Gasteiger partial charge < -0.3 is 20.1 Å². The van der Waals surface area contributed by atoms with Crippen LogP contribution in [0.3, 0.4) is 0 Å². The number of hydrogen-bond acceptors (Lipinski definition) is 4. The van der Waals surface area contributed by atoms with E-state index in [1.807, 2.05) is 32.0 Å². The van der Waals surface area contributed by atoms with Gasteiger partial charge in [-0.25, -0.2) is 0 Å². The molecular weight excluding hydrogens is 352 g/mol. The Morgan fingerprint density at radius 2 is 1.92 bits per heavy atom. The number of amides is 1. The van der Waals surface area contributed by atoms with Crippen molar-refractivity contribution in [1.29, 1.82) is 0 Å². The largest absolute Gasteiger partial charge is 0.484 e. The lowest BCUT2D eigenvalue weighted by Gasteiger charge is -2.20. The Balaban J connectivity index is 1.79. The number of nitrogens with two attached hydrogens (primary N) is 1. The van der Waals surface area contributed by atoms with E-state index in [9.17, 15) is 4.79 Å². The summed E-state index contributed by atoms with van der Waals surface area (Å²) in [6.07, 6.45) is -0.546. The van der Waals surface area contributed by atoms with Gasteiger partial charge >= 0.3 is 0 Å². The standard InChI is InChI=1S/C20H23ClN2O3/c1-12-7-8-13(2)14(9-12)20(24)23-10-17(25-3)18(11-23)26-16-6-4-5-15(22)19(16)21/h4-9,17-18H,10-11,22H2,1-3H3. The predicted molar refractivity (Wildman–Crippen MR) is 103 cm³/mol. The minimum atomic E-state index is -0.312. The molecule has 0 saturated carbocycles. The zero-order valence-corrected chi connectivity index (χ0v) is 15.9. The Kier molecular flexibility index (Phi) is 5.39. The van der Waals surface area contributed by atoms with Gasteiger partial charge in [0, 0.05) is 12.7 Å². The third kappa shape index (κ3) is 3.64. The minimum Gasteiger partial charge on any atom is -0.484 e. The molecule has 2 atom stereocenters. The molecule has 1 aliphatic heterocycles. The first kappa shape index (κ1) is 18.5. The maximum atomic E-state index is 13.0. The van der Waals surface area contributed by atoms with Gasteiger partial charge in [0.2, 0.25) is 0 Å². The highest BCUT2D eigenvalue weighted by Gasteiger charge is 2.38. The van der Waals surface area contributed by atoms with E-state index in [1.54, 1.807) is 30.2 Å². The number of ether oxygens (including phenoxy) is 2. The van der Waals surface area contributed by atoms with E-state index in [-0.39, 0.29) is 18.1 Å². The number of methoxy groups -OCH3 is 1. The van der Waals surface area contributed by atoms with Gasteiger partial charge in [-0.1, -0.05) is 35.4 Å². The van der Waals surface area contributed by atoms with Crippen LogP contribution in [0.1, 0.15) is 21.5 Å². The average Bonchev–Trinajstić information content (AvgIpc) is 3.03. The van der Waals surface area contributed by atoms with E-state index >= 15 is 0 Å². The molecule has 0 radical (unpaired) electrons. The van der Waals surface area contributed by atoms with Crippen LogP contribution in [0.25, 0.3) is 0 Å². The molecular formula is C20H23ClN2O3. The van der Waals surface area contributed by atoms with Crippen molar-refractivity contribution in [3.63, 3.8) is 0 Å². The summed E-state index contributed by atoms with van der Waals surface area (Å²) in [4.78, 5) is 14.7. The molecule has 0 bridgehead atoms. The van der Waals surface area contributed by atoms with Crippen LogP contribution in [0, 0.1) is 13.8 Å². The quantitative estimate of drug-likeness (QED) is 0.832. The molecule has 2 N–H and O–H groups in total. The fraction of sp³-hybridized carbons (Fsp3) is 0.350. The molecule has 2 aromatic rings. The van der Waals surface area contributed by atoms with Crippen molar-refractivity contribution in [2.75, 3.05) is 25.9 Å². The lowest BCUT2D eigenvalue weighted by atomic mass is 10.0. The van der Waals surface area contributed by atoms with Gasteiger partial charge in [-0.15, -0.1) is 0 Å². The third-order valence-corrected chi connectivity index (χ3v) is 5.10. The summed E-state index contributed by atoms with van der Waals surface area (Å²) in [6.45, 7) is 4.81. The fourth-order valence-corrected chi connectivity index (χ4v) is 3.34. The van der Waals surface area contributed by atoms with Crippen molar-refractivity contribution < 1.29 is 14.3 Å². The molecule has 1 heterocycles. The smallest absolute Gasteiger partial charge is 0.254 e. The number of benzene rings is 2. The molecule has 5 nitrogen and oxygen atoms in total.